The number of aromatic hydroxyl groups is 1. The highest BCUT2D eigenvalue weighted by Gasteiger charge is 2.29. The van der Waals surface area contributed by atoms with Gasteiger partial charge in [-0.2, -0.15) is 8.78 Å². The van der Waals surface area contributed by atoms with E-state index in [0.717, 1.165) is 12.1 Å². The lowest BCUT2D eigenvalue weighted by Gasteiger charge is -2.13. The van der Waals surface area contributed by atoms with Crippen LogP contribution in [0.5, 0.6) is 5.75 Å². The molecule has 0 bridgehead atoms. The molecular formula is C12H6Cl2F4N2O3S. The van der Waals surface area contributed by atoms with E-state index in [0.29, 0.717) is 0 Å². The van der Waals surface area contributed by atoms with Crippen LogP contribution in [0.25, 0.3) is 0 Å². The molecule has 0 saturated heterocycles. The minimum absolute atomic E-state index is 0.142. The number of nitrogens with two attached hydrogens (primary N) is 1. The molecule has 0 heterocycles. The maximum absolute atomic E-state index is 13.6. The van der Waals surface area contributed by atoms with E-state index >= 15 is 0 Å². The summed E-state index contributed by atoms with van der Waals surface area (Å²) in [4.78, 5) is -0.667. The third-order valence-electron chi connectivity index (χ3n) is 2.84. The summed E-state index contributed by atoms with van der Waals surface area (Å²) in [7, 11) is -4.74. The highest BCUT2D eigenvalue weighted by molar-refractivity contribution is 7.92. The molecule has 130 valence electrons. The Morgan fingerprint density at radius 3 is 1.79 bits per heavy atom. The van der Waals surface area contributed by atoms with E-state index in [1.54, 1.807) is 0 Å². The fraction of sp³-hybridized carbons (Fsp3) is 0. The SMILES string of the molecule is Nc1c(Cl)cc(S(=O)(=O)Nc2c(F)c(F)c(O)c(F)c2F)cc1Cl. The van der Waals surface area contributed by atoms with Crippen molar-refractivity contribution >= 4 is 44.6 Å². The first-order valence-corrected chi connectivity index (χ1v) is 8.03. The summed E-state index contributed by atoms with van der Waals surface area (Å²) in [6, 6.07) is 1.63. The molecule has 0 saturated carbocycles. The van der Waals surface area contributed by atoms with Gasteiger partial charge in [-0.15, -0.1) is 0 Å². The number of nitrogens with one attached hydrogen (secondary N) is 1. The van der Waals surface area contributed by atoms with Crippen LogP contribution >= 0.6 is 23.2 Å². The number of hydrogen-bond donors (Lipinski definition) is 3. The Labute approximate surface area is 142 Å². The molecule has 0 aliphatic rings. The van der Waals surface area contributed by atoms with E-state index in [2.05, 4.69) is 0 Å². The average Bonchev–Trinajstić information content (AvgIpc) is 2.52. The number of sulfonamides is 1. The molecule has 0 aromatic heterocycles. The predicted molar refractivity (Wildman–Crippen MR) is 79.6 cm³/mol. The lowest BCUT2D eigenvalue weighted by Crippen LogP contribution is -2.17. The van der Waals surface area contributed by atoms with Gasteiger partial charge in [0, 0.05) is 0 Å². The van der Waals surface area contributed by atoms with Gasteiger partial charge in [0.2, 0.25) is 11.6 Å². The van der Waals surface area contributed by atoms with Crippen LogP contribution in [0.4, 0.5) is 28.9 Å². The Morgan fingerprint density at radius 2 is 1.38 bits per heavy atom. The molecule has 4 N–H and O–H groups in total. The highest BCUT2D eigenvalue weighted by atomic mass is 35.5. The third-order valence-corrected chi connectivity index (χ3v) is 4.79. The van der Waals surface area contributed by atoms with Crippen LogP contribution in [-0.2, 0) is 10.0 Å². The van der Waals surface area contributed by atoms with Gasteiger partial charge in [-0.1, -0.05) is 23.2 Å². The standard InChI is InChI=1S/C12H6Cl2F4N2O3S/c13-4-1-3(2-5(14)10(4)19)24(22,23)20-11-6(15)8(17)12(21)9(18)7(11)16/h1-2,20-21H,19H2. The van der Waals surface area contributed by atoms with E-state index in [-0.39, 0.29) is 15.7 Å². The van der Waals surface area contributed by atoms with Gasteiger partial charge in [0.15, 0.2) is 17.4 Å². The summed E-state index contributed by atoms with van der Waals surface area (Å²) < 4.78 is 79.4. The summed E-state index contributed by atoms with van der Waals surface area (Å²) in [5.41, 5.74) is 3.62. The van der Waals surface area contributed by atoms with Crippen molar-refractivity contribution < 1.29 is 31.1 Å². The number of hydrogen-bond acceptors (Lipinski definition) is 4. The van der Waals surface area contributed by atoms with E-state index in [4.69, 9.17) is 34.0 Å². The Morgan fingerprint density at radius 1 is 0.958 bits per heavy atom. The zero-order valence-corrected chi connectivity index (χ0v) is 13.5. The molecule has 0 atom stereocenters. The zero-order chi connectivity index (χ0) is 18.4. The van der Waals surface area contributed by atoms with E-state index in [1.165, 1.54) is 4.72 Å². The Hall–Kier alpha value is -1.91. The Balaban J connectivity index is 2.60. The summed E-state index contributed by atoms with van der Waals surface area (Å²) >= 11 is 11.3. The van der Waals surface area contributed by atoms with Crippen molar-refractivity contribution in [3.05, 3.63) is 45.4 Å². The second-order valence-electron chi connectivity index (χ2n) is 4.39. The van der Waals surface area contributed by atoms with Crippen LogP contribution in [0.1, 0.15) is 0 Å². The van der Waals surface area contributed by atoms with Crippen LogP contribution in [0.3, 0.4) is 0 Å². The molecule has 24 heavy (non-hydrogen) atoms. The van der Waals surface area contributed by atoms with Crippen LogP contribution in [0.15, 0.2) is 17.0 Å². The van der Waals surface area contributed by atoms with Crippen molar-refractivity contribution in [2.24, 2.45) is 0 Å². The molecule has 2 rings (SSSR count). The van der Waals surface area contributed by atoms with Crippen molar-refractivity contribution in [1.29, 1.82) is 0 Å². The second-order valence-corrected chi connectivity index (χ2v) is 6.88. The molecule has 2 aromatic rings. The normalized spacial score (nSPS) is 11.6. The van der Waals surface area contributed by atoms with Gasteiger partial charge in [0.25, 0.3) is 10.0 Å². The minimum Gasteiger partial charge on any atom is -0.503 e. The lowest BCUT2D eigenvalue weighted by atomic mass is 10.2. The topological polar surface area (TPSA) is 92.4 Å². The summed E-state index contributed by atoms with van der Waals surface area (Å²) in [5.74, 6) is -10.5. The molecular weight excluding hydrogens is 399 g/mol. The van der Waals surface area contributed by atoms with Crippen molar-refractivity contribution in [2.45, 2.75) is 4.90 Å². The molecule has 0 radical (unpaired) electrons. The van der Waals surface area contributed by atoms with Gasteiger partial charge in [-0.05, 0) is 12.1 Å². The van der Waals surface area contributed by atoms with Crippen molar-refractivity contribution in [3.63, 3.8) is 0 Å². The Kier molecular flexibility index (Phi) is 4.75. The van der Waals surface area contributed by atoms with Gasteiger partial charge in [-0.25, -0.2) is 17.2 Å². The second kappa shape index (κ2) is 6.19. The first kappa shape index (κ1) is 18.4. The summed E-state index contributed by atoms with van der Waals surface area (Å²) in [5, 5.41) is 8.31. The number of phenolic OH excluding ortho intramolecular Hbond substituents is 1. The maximum Gasteiger partial charge on any atom is 0.262 e. The minimum atomic E-state index is -4.74. The predicted octanol–water partition coefficient (Wildman–Crippen LogP) is 3.64. The fourth-order valence-corrected chi connectivity index (χ4v) is 3.35. The van der Waals surface area contributed by atoms with E-state index < -0.39 is 49.6 Å². The van der Waals surface area contributed by atoms with Crippen LogP contribution in [0.2, 0.25) is 10.0 Å². The van der Waals surface area contributed by atoms with Crippen LogP contribution in [0, 0.1) is 23.3 Å². The molecule has 0 fully saturated rings. The van der Waals surface area contributed by atoms with Gasteiger partial charge in [0.05, 0.1) is 20.6 Å². The van der Waals surface area contributed by atoms with Crippen LogP contribution in [-0.4, -0.2) is 13.5 Å². The molecule has 2 aromatic carbocycles. The van der Waals surface area contributed by atoms with Crippen molar-refractivity contribution in [2.75, 3.05) is 10.5 Å². The van der Waals surface area contributed by atoms with Gasteiger partial charge < -0.3 is 10.8 Å². The van der Waals surface area contributed by atoms with E-state index in [1.807, 2.05) is 0 Å². The highest BCUT2D eigenvalue weighted by Crippen LogP contribution is 2.35. The lowest BCUT2D eigenvalue weighted by molar-refractivity contribution is 0.359. The maximum atomic E-state index is 13.6. The Bertz CT molecular complexity index is 902. The first-order valence-electron chi connectivity index (χ1n) is 5.79. The molecule has 0 amide bonds. The van der Waals surface area contributed by atoms with Gasteiger partial charge >= 0.3 is 0 Å². The molecule has 0 aliphatic carbocycles. The molecule has 0 aliphatic heterocycles. The van der Waals surface area contributed by atoms with Crippen molar-refractivity contribution in [3.8, 4) is 5.75 Å². The van der Waals surface area contributed by atoms with Gasteiger partial charge in [-0.3, -0.25) is 4.72 Å². The zero-order valence-electron chi connectivity index (χ0n) is 11.2. The first-order chi connectivity index (χ1) is 11.0. The molecule has 0 unspecified atom stereocenters. The largest absolute Gasteiger partial charge is 0.503 e. The number of halogens is 6. The fourth-order valence-electron chi connectivity index (χ4n) is 1.62. The molecule has 12 heteroatoms. The quantitative estimate of drug-likeness (QED) is 0.315. The van der Waals surface area contributed by atoms with Gasteiger partial charge in [0.1, 0.15) is 5.69 Å². The summed E-state index contributed by atoms with van der Waals surface area (Å²) in [6.07, 6.45) is 0. The average molecular weight is 405 g/mol. The van der Waals surface area contributed by atoms with Crippen molar-refractivity contribution in [1.82, 2.24) is 0 Å². The number of anilines is 2. The van der Waals surface area contributed by atoms with E-state index in [9.17, 15) is 26.0 Å². The van der Waals surface area contributed by atoms with Crippen LogP contribution < -0.4 is 10.5 Å². The summed E-state index contributed by atoms with van der Waals surface area (Å²) in [6.45, 7) is 0. The molecule has 5 nitrogen and oxygen atoms in total. The third kappa shape index (κ3) is 3.04. The number of phenols is 1. The number of rotatable bonds is 3. The monoisotopic (exact) mass is 404 g/mol. The number of benzene rings is 2. The number of nitrogen functional groups attached to an aromatic ring is 1. The molecule has 0 spiro atoms. The smallest absolute Gasteiger partial charge is 0.262 e.